The van der Waals surface area contributed by atoms with E-state index in [0.717, 1.165) is 22.7 Å². The van der Waals surface area contributed by atoms with Crippen LogP contribution >= 0.6 is 11.6 Å². The Balaban J connectivity index is 2.18. The molecule has 100 valence electrons. The first-order chi connectivity index (χ1) is 9.22. The molecule has 0 spiro atoms. The van der Waals surface area contributed by atoms with Gasteiger partial charge in [-0.1, -0.05) is 23.7 Å². The molecule has 0 amide bonds. The maximum absolute atomic E-state index is 6.02. The zero-order valence-electron chi connectivity index (χ0n) is 10.9. The van der Waals surface area contributed by atoms with Gasteiger partial charge in [-0.3, -0.25) is 0 Å². The number of hydrogen-bond acceptors (Lipinski definition) is 4. The topological polar surface area (TPSA) is 47.0 Å². The molecular weight excluding hydrogens is 262 g/mol. The average Bonchev–Trinajstić information content (AvgIpc) is 2.45. The number of ether oxygens (including phenoxy) is 1. The van der Waals surface area contributed by atoms with Gasteiger partial charge in [0.2, 0.25) is 5.88 Å². The van der Waals surface area contributed by atoms with Gasteiger partial charge in [-0.25, -0.2) is 9.97 Å². The van der Waals surface area contributed by atoms with Crippen LogP contribution in [0.15, 0.2) is 36.7 Å². The van der Waals surface area contributed by atoms with Crippen molar-refractivity contribution in [3.63, 3.8) is 0 Å². The zero-order valence-corrected chi connectivity index (χ0v) is 11.7. The number of likely N-dealkylation sites (N-methyl/N-ethyl adjacent to an activating group) is 1. The molecule has 1 unspecified atom stereocenters. The molecule has 0 saturated carbocycles. The minimum Gasteiger partial charge on any atom is -0.481 e. The summed E-state index contributed by atoms with van der Waals surface area (Å²) in [6.07, 6.45) is 2.26. The van der Waals surface area contributed by atoms with E-state index in [1.807, 2.05) is 37.4 Å². The molecule has 1 N–H and O–H groups in total. The number of nitrogens with one attached hydrogen (secondary N) is 1. The van der Waals surface area contributed by atoms with E-state index < -0.39 is 0 Å². The number of benzene rings is 1. The summed E-state index contributed by atoms with van der Waals surface area (Å²) in [5.41, 5.74) is 2.05. The summed E-state index contributed by atoms with van der Waals surface area (Å²) in [5, 5.41) is 4.01. The fraction of sp³-hybridized carbons (Fsp3) is 0.286. The molecule has 0 radical (unpaired) electrons. The second kappa shape index (κ2) is 6.50. The molecule has 0 fully saturated rings. The summed E-state index contributed by atoms with van der Waals surface area (Å²) in [6.45, 7) is 0. The molecule has 0 aliphatic heterocycles. The number of halogens is 1. The maximum atomic E-state index is 6.02. The Kier molecular flexibility index (Phi) is 4.71. The number of methoxy groups -OCH3 is 1. The molecule has 2 aromatic rings. The minimum atomic E-state index is 0.151. The van der Waals surface area contributed by atoms with Crippen LogP contribution in [0.3, 0.4) is 0 Å². The highest BCUT2D eigenvalue weighted by Crippen LogP contribution is 2.21. The van der Waals surface area contributed by atoms with Crippen molar-refractivity contribution in [1.29, 1.82) is 0 Å². The lowest BCUT2D eigenvalue weighted by Gasteiger charge is -2.16. The molecular formula is C14H16ClN3O. The molecule has 0 aliphatic carbocycles. The second-order valence-corrected chi connectivity index (χ2v) is 4.59. The van der Waals surface area contributed by atoms with E-state index in [9.17, 15) is 0 Å². The third kappa shape index (κ3) is 3.66. The Hall–Kier alpha value is -1.65. The summed E-state index contributed by atoms with van der Waals surface area (Å²) in [7, 11) is 3.52. The molecule has 4 nitrogen and oxygen atoms in total. The molecule has 0 saturated heterocycles. The summed E-state index contributed by atoms with van der Waals surface area (Å²) in [6, 6.07) is 9.81. The normalized spacial score (nSPS) is 12.2. The highest BCUT2D eigenvalue weighted by Gasteiger charge is 2.12. The molecule has 5 heteroatoms. The van der Waals surface area contributed by atoms with Gasteiger partial charge in [-0.15, -0.1) is 0 Å². The molecule has 0 bridgehead atoms. The van der Waals surface area contributed by atoms with E-state index in [2.05, 4.69) is 15.3 Å². The van der Waals surface area contributed by atoms with E-state index in [1.165, 1.54) is 6.33 Å². The minimum absolute atomic E-state index is 0.151. The number of nitrogens with zero attached hydrogens (tertiary/aromatic N) is 2. The van der Waals surface area contributed by atoms with Gasteiger partial charge in [-0.05, 0) is 24.7 Å². The highest BCUT2D eigenvalue weighted by molar-refractivity contribution is 6.30. The van der Waals surface area contributed by atoms with Crippen LogP contribution in [-0.2, 0) is 6.42 Å². The lowest BCUT2D eigenvalue weighted by Crippen LogP contribution is -2.19. The molecule has 1 heterocycles. The van der Waals surface area contributed by atoms with Crippen molar-refractivity contribution >= 4 is 11.6 Å². The predicted octanol–water partition coefficient (Wildman–Crippen LogP) is 2.64. The third-order valence-corrected chi connectivity index (χ3v) is 3.16. The van der Waals surface area contributed by atoms with Gasteiger partial charge in [0, 0.05) is 29.2 Å². The van der Waals surface area contributed by atoms with Crippen LogP contribution in [0, 0.1) is 0 Å². The first-order valence-corrected chi connectivity index (χ1v) is 6.38. The number of hydrogen-bond donors (Lipinski definition) is 1. The lowest BCUT2D eigenvalue weighted by molar-refractivity contribution is 0.395. The Morgan fingerprint density at radius 3 is 2.84 bits per heavy atom. The van der Waals surface area contributed by atoms with E-state index in [4.69, 9.17) is 16.3 Å². The van der Waals surface area contributed by atoms with Crippen molar-refractivity contribution < 1.29 is 4.74 Å². The van der Waals surface area contributed by atoms with Crippen molar-refractivity contribution in [3.05, 3.63) is 52.9 Å². The Morgan fingerprint density at radius 1 is 1.32 bits per heavy atom. The predicted molar refractivity (Wildman–Crippen MR) is 75.5 cm³/mol. The second-order valence-electron chi connectivity index (χ2n) is 4.15. The zero-order chi connectivity index (χ0) is 13.7. The van der Waals surface area contributed by atoms with E-state index in [1.54, 1.807) is 7.11 Å². The van der Waals surface area contributed by atoms with Crippen LogP contribution in [0.2, 0.25) is 5.02 Å². The van der Waals surface area contributed by atoms with Crippen LogP contribution in [0.4, 0.5) is 0 Å². The Bertz CT molecular complexity index is 548. The summed E-state index contributed by atoms with van der Waals surface area (Å²) < 4.78 is 5.10. The van der Waals surface area contributed by atoms with Crippen molar-refractivity contribution in [2.75, 3.05) is 14.2 Å². The van der Waals surface area contributed by atoms with Gasteiger partial charge >= 0.3 is 0 Å². The van der Waals surface area contributed by atoms with Crippen molar-refractivity contribution in [2.45, 2.75) is 12.5 Å². The van der Waals surface area contributed by atoms with Crippen LogP contribution in [-0.4, -0.2) is 24.1 Å². The van der Waals surface area contributed by atoms with Gasteiger partial charge in [0.1, 0.15) is 6.33 Å². The summed E-state index contributed by atoms with van der Waals surface area (Å²) in [4.78, 5) is 8.26. The number of rotatable bonds is 5. The van der Waals surface area contributed by atoms with Crippen molar-refractivity contribution in [2.24, 2.45) is 0 Å². The smallest absolute Gasteiger partial charge is 0.216 e. The molecule has 1 aromatic carbocycles. The van der Waals surface area contributed by atoms with Crippen LogP contribution in [0.5, 0.6) is 5.88 Å². The average molecular weight is 278 g/mol. The van der Waals surface area contributed by atoms with Gasteiger partial charge in [0.15, 0.2) is 0 Å². The Labute approximate surface area is 117 Å². The van der Waals surface area contributed by atoms with Crippen molar-refractivity contribution in [1.82, 2.24) is 15.3 Å². The summed E-state index contributed by atoms with van der Waals surface area (Å²) >= 11 is 6.02. The van der Waals surface area contributed by atoms with Crippen LogP contribution in [0.1, 0.15) is 17.3 Å². The fourth-order valence-corrected chi connectivity index (χ4v) is 2.12. The molecule has 2 rings (SSSR count). The quantitative estimate of drug-likeness (QED) is 0.913. The molecule has 19 heavy (non-hydrogen) atoms. The SMILES string of the molecule is CNC(Cc1cc(OC)ncn1)c1cccc(Cl)c1. The first kappa shape index (κ1) is 13.8. The third-order valence-electron chi connectivity index (χ3n) is 2.92. The fourth-order valence-electron chi connectivity index (χ4n) is 1.92. The lowest BCUT2D eigenvalue weighted by atomic mass is 10.0. The molecule has 1 aromatic heterocycles. The first-order valence-electron chi connectivity index (χ1n) is 6.00. The Morgan fingerprint density at radius 2 is 2.16 bits per heavy atom. The largest absolute Gasteiger partial charge is 0.481 e. The highest BCUT2D eigenvalue weighted by atomic mass is 35.5. The van der Waals surface area contributed by atoms with E-state index >= 15 is 0 Å². The van der Waals surface area contributed by atoms with Crippen LogP contribution in [0.25, 0.3) is 0 Å². The van der Waals surface area contributed by atoms with Gasteiger partial charge in [0.25, 0.3) is 0 Å². The van der Waals surface area contributed by atoms with Crippen molar-refractivity contribution in [3.8, 4) is 5.88 Å². The molecule has 0 aliphatic rings. The van der Waals surface area contributed by atoms with Gasteiger partial charge in [0.05, 0.1) is 7.11 Å². The standard InChI is InChI=1S/C14H16ClN3O/c1-16-13(10-4-3-5-11(15)6-10)7-12-8-14(19-2)18-9-17-12/h3-6,8-9,13,16H,7H2,1-2H3. The summed E-state index contributed by atoms with van der Waals surface area (Å²) in [5.74, 6) is 0.575. The maximum Gasteiger partial charge on any atom is 0.216 e. The van der Waals surface area contributed by atoms with E-state index in [0.29, 0.717) is 5.88 Å². The van der Waals surface area contributed by atoms with Gasteiger partial charge < -0.3 is 10.1 Å². The number of aromatic nitrogens is 2. The molecule has 1 atom stereocenters. The van der Waals surface area contributed by atoms with Crippen LogP contribution < -0.4 is 10.1 Å². The van der Waals surface area contributed by atoms with Gasteiger partial charge in [-0.2, -0.15) is 0 Å². The monoisotopic (exact) mass is 277 g/mol. The van der Waals surface area contributed by atoms with E-state index in [-0.39, 0.29) is 6.04 Å².